The lowest BCUT2D eigenvalue weighted by atomic mass is 10.6. The summed E-state index contributed by atoms with van der Waals surface area (Å²) in [5, 5.41) is 19.0. The van der Waals surface area contributed by atoms with Crippen LogP contribution in [0.2, 0.25) is 0 Å². The van der Waals surface area contributed by atoms with Crippen LogP contribution >= 0.6 is 0 Å². The largest absolute Gasteiger partial charge is 0.300 e. The third-order valence-corrected chi connectivity index (χ3v) is 0.0333. The van der Waals surface area contributed by atoms with Crippen LogP contribution < -0.4 is 0 Å². The Balaban J connectivity index is -0.000000101. The highest BCUT2D eigenvalue weighted by Gasteiger charge is 1.62. The van der Waals surface area contributed by atoms with Crippen molar-refractivity contribution < 1.29 is 30.2 Å². The molecule has 0 atom stereocenters. The minimum atomic E-state index is 0.167. The number of rotatable bonds is 1. The lowest BCUT2D eigenvalue weighted by molar-refractivity contribution is -0.611. The predicted molar refractivity (Wildman–Crippen MR) is 40.1 cm³/mol. The van der Waals surface area contributed by atoms with Crippen LogP contribution in [0.25, 0.3) is 0 Å². The Bertz CT molecular complexity index is 88.6. The van der Waals surface area contributed by atoms with Crippen molar-refractivity contribution in [2.45, 2.75) is 27.7 Å². The van der Waals surface area contributed by atoms with Crippen molar-refractivity contribution in [2.24, 2.45) is 0 Å². The molecule has 0 rings (SSSR count). The van der Waals surface area contributed by atoms with Crippen LogP contribution in [0, 0.1) is 0 Å². The molecule has 0 spiro atoms. The van der Waals surface area contributed by atoms with Crippen LogP contribution in [0.5, 0.6) is 0 Å². The first-order valence-electron chi connectivity index (χ1n) is 2.94. The average molecular weight is 182 g/mol. The summed E-state index contributed by atoms with van der Waals surface area (Å²) >= 11 is 0. The van der Waals surface area contributed by atoms with Gasteiger partial charge in [-0.25, -0.2) is 10.5 Å². The Morgan fingerprint density at radius 1 is 0.833 bits per heavy atom. The molecule has 0 aromatic heterocycles. The van der Waals surface area contributed by atoms with Crippen molar-refractivity contribution in [2.75, 3.05) is 0 Å². The van der Waals surface area contributed by atoms with Gasteiger partial charge in [-0.3, -0.25) is 0 Å². The van der Waals surface area contributed by atoms with Gasteiger partial charge in [-0.2, -0.15) is 0 Å². The van der Waals surface area contributed by atoms with E-state index in [2.05, 4.69) is 10.1 Å². The van der Waals surface area contributed by atoms with Crippen molar-refractivity contribution in [1.82, 2.24) is 0 Å². The first-order chi connectivity index (χ1) is 5.38. The molecule has 6 nitrogen and oxygen atoms in total. The molecule has 0 saturated heterocycles. The molecule has 0 aliphatic carbocycles. The Kier molecular flexibility index (Phi) is 24.0. The second-order valence-electron chi connectivity index (χ2n) is 1.97. The number of carbonyl (C=O) groups excluding carboxylic acids is 2. The highest BCUT2D eigenvalue weighted by atomic mass is 17.6. The van der Waals surface area contributed by atoms with Gasteiger partial charge in [-0.1, -0.05) is 0 Å². The molecular formula is C6H14O6. The summed E-state index contributed by atoms with van der Waals surface area (Å²) in [6.45, 7) is 6.11. The number of hydrogen-bond acceptors (Lipinski definition) is 6. The molecule has 0 unspecified atom stereocenters. The molecule has 0 fully saturated rings. The second-order valence-corrected chi connectivity index (χ2v) is 1.97. The van der Waals surface area contributed by atoms with E-state index in [1.807, 2.05) is 0 Å². The monoisotopic (exact) mass is 182 g/mol. The van der Waals surface area contributed by atoms with Gasteiger partial charge in [0, 0.05) is 0 Å². The fourth-order valence-corrected chi connectivity index (χ4v) is 0. The normalized spacial score (nSPS) is 6.83. The van der Waals surface area contributed by atoms with E-state index >= 15 is 0 Å². The Morgan fingerprint density at radius 3 is 0.917 bits per heavy atom. The number of hydrogen-bond donors (Lipinski definition) is 2. The third-order valence-electron chi connectivity index (χ3n) is 0.0333. The molecule has 0 amide bonds. The van der Waals surface area contributed by atoms with Gasteiger partial charge in [-0.05, 0) is 37.8 Å². The van der Waals surface area contributed by atoms with Gasteiger partial charge in [-0.15, -0.1) is 0 Å². The first kappa shape index (κ1) is 17.3. The minimum absolute atomic E-state index is 0.167. The zero-order chi connectivity index (χ0) is 10.6. The summed E-state index contributed by atoms with van der Waals surface area (Å²) < 4.78 is 0. The maximum Gasteiger partial charge on any atom is 0.126 e. The second kappa shape index (κ2) is 16.6. The standard InChI is InChI=1S/2C3H6O.H2O4/c2*1-3(2)4;1-3-4-2/h2*1-2H3;1-2H. The fraction of sp³-hybridized carbons (Fsp3) is 0.667. The number of carbonyl (C=O) groups is 2. The van der Waals surface area contributed by atoms with E-state index in [4.69, 9.17) is 10.5 Å². The van der Waals surface area contributed by atoms with Gasteiger partial charge in [0.05, 0.1) is 0 Å². The molecule has 2 N–H and O–H groups in total. The van der Waals surface area contributed by atoms with Gasteiger partial charge in [0.1, 0.15) is 11.6 Å². The highest BCUT2D eigenvalue weighted by Crippen LogP contribution is 1.51. The van der Waals surface area contributed by atoms with Crippen LogP contribution in [-0.4, -0.2) is 22.1 Å². The van der Waals surface area contributed by atoms with E-state index in [1.54, 1.807) is 0 Å². The van der Waals surface area contributed by atoms with Crippen LogP contribution in [0.1, 0.15) is 27.7 Å². The van der Waals surface area contributed by atoms with Crippen molar-refractivity contribution in [1.29, 1.82) is 0 Å². The van der Waals surface area contributed by atoms with Crippen LogP contribution in [0.15, 0.2) is 0 Å². The number of Topliss-reactive ketones (excluding diaryl/α,β-unsaturated/α-hetero) is 2. The zero-order valence-electron chi connectivity index (χ0n) is 7.53. The van der Waals surface area contributed by atoms with Crippen LogP contribution in [0.4, 0.5) is 0 Å². The van der Waals surface area contributed by atoms with E-state index < -0.39 is 0 Å². The molecule has 0 saturated carbocycles. The van der Waals surface area contributed by atoms with Crippen molar-refractivity contribution in [3.8, 4) is 0 Å². The van der Waals surface area contributed by atoms with Gasteiger partial charge in [0.15, 0.2) is 0 Å². The van der Waals surface area contributed by atoms with E-state index in [-0.39, 0.29) is 11.6 Å². The van der Waals surface area contributed by atoms with E-state index in [0.717, 1.165) is 0 Å². The SMILES string of the molecule is CC(C)=O.CC(C)=O.OOOO. The predicted octanol–water partition coefficient (Wildman–Crippen LogP) is 1.07. The molecule has 0 heterocycles. The Labute approximate surface area is 70.5 Å². The summed E-state index contributed by atoms with van der Waals surface area (Å²) in [5.74, 6) is 0.333. The molecule has 0 aromatic rings. The minimum Gasteiger partial charge on any atom is -0.300 e. The Morgan fingerprint density at radius 2 is 0.917 bits per heavy atom. The average Bonchev–Trinajstić information content (AvgIpc) is 1.85. The van der Waals surface area contributed by atoms with E-state index in [9.17, 15) is 9.59 Å². The van der Waals surface area contributed by atoms with Crippen LogP contribution in [0.3, 0.4) is 0 Å². The summed E-state index contributed by atoms with van der Waals surface area (Å²) in [4.78, 5) is 18.9. The lowest BCUT2D eigenvalue weighted by Gasteiger charge is -1.71. The lowest BCUT2D eigenvalue weighted by Crippen LogP contribution is -1.75. The molecule has 12 heavy (non-hydrogen) atoms. The molecular weight excluding hydrogens is 168 g/mol. The molecule has 0 aromatic carbocycles. The third kappa shape index (κ3) is 19000. The summed E-state index contributed by atoms with van der Waals surface area (Å²) in [6.07, 6.45) is 0. The van der Waals surface area contributed by atoms with Crippen molar-refractivity contribution in [3.05, 3.63) is 0 Å². The summed E-state index contributed by atoms with van der Waals surface area (Å²) in [7, 11) is 0. The molecule has 0 radical (unpaired) electrons. The van der Waals surface area contributed by atoms with Crippen molar-refractivity contribution in [3.63, 3.8) is 0 Å². The van der Waals surface area contributed by atoms with Gasteiger partial charge in [0.2, 0.25) is 0 Å². The quantitative estimate of drug-likeness (QED) is 0.465. The molecule has 0 aliphatic heterocycles. The number of ketones is 2. The zero-order valence-corrected chi connectivity index (χ0v) is 7.53. The van der Waals surface area contributed by atoms with Crippen LogP contribution in [-0.2, 0) is 19.7 Å². The van der Waals surface area contributed by atoms with Gasteiger partial charge in [0.25, 0.3) is 0 Å². The molecule has 6 heteroatoms. The van der Waals surface area contributed by atoms with Gasteiger partial charge >= 0.3 is 0 Å². The first-order valence-corrected chi connectivity index (χ1v) is 2.94. The maximum absolute atomic E-state index is 9.44. The highest BCUT2D eigenvalue weighted by molar-refractivity contribution is 5.72. The molecule has 74 valence electrons. The fourth-order valence-electron chi connectivity index (χ4n) is 0. The molecule has 0 aliphatic rings. The topological polar surface area (TPSA) is 93.1 Å². The maximum atomic E-state index is 9.44. The van der Waals surface area contributed by atoms with Gasteiger partial charge < -0.3 is 9.59 Å². The van der Waals surface area contributed by atoms with E-state index in [0.29, 0.717) is 0 Å². The summed E-state index contributed by atoms with van der Waals surface area (Å²) in [6, 6.07) is 0. The van der Waals surface area contributed by atoms with E-state index in [1.165, 1.54) is 27.7 Å². The summed E-state index contributed by atoms with van der Waals surface area (Å²) in [5.41, 5.74) is 0. The Hall–Kier alpha value is -0.820. The molecule has 0 bridgehead atoms. The smallest absolute Gasteiger partial charge is 0.126 e. The van der Waals surface area contributed by atoms with Crippen molar-refractivity contribution >= 4 is 11.6 Å².